The Balaban J connectivity index is 2.87. The number of nitrogens with zero attached hydrogens (tertiary/aromatic N) is 1. The lowest BCUT2D eigenvalue weighted by molar-refractivity contribution is 0.397. The molecule has 0 radical (unpaired) electrons. The molecule has 0 amide bonds. The maximum atomic E-state index is 13.0. The molecular weight excluding hydrogens is 303 g/mol. The number of nitrogens with two attached hydrogens (primary N) is 1. The molecule has 0 aliphatic heterocycles. The molecule has 2 N–H and O–H groups in total. The summed E-state index contributed by atoms with van der Waals surface area (Å²) in [6.07, 6.45) is 0.548. The average Bonchev–Trinajstić information content (AvgIpc) is 2.34. The molecule has 1 aromatic carbocycles. The van der Waals surface area contributed by atoms with Gasteiger partial charge < -0.3 is 5.73 Å². The van der Waals surface area contributed by atoms with E-state index in [1.807, 2.05) is 13.8 Å². The van der Waals surface area contributed by atoms with Crippen LogP contribution in [-0.2, 0) is 10.0 Å². The highest BCUT2D eigenvalue weighted by Gasteiger charge is 2.24. The van der Waals surface area contributed by atoms with Crippen LogP contribution in [-0.4, -0.2) is 32.4 Å². The van der Waals surface area contributed by atoms with Gasteiger partial charge in [-0.25, -0.2) is 17.1 Å². The van der Waals surface area contributed by atoms with Crippen LogP contribution < -0.4 is 5.73 Å². The summed E-state index contributed by atoms with van der Waals surface area (Å²) in [6.45, 7) is 4.25. The van der Waals surface area contributed by atoms with Crippen LogP contribution >= 0.6 is 11.6 Å². The smallest absolute Gasteiger partial charge is 0.244 e. The summed E-state index contributed by atoms with van der Waals surface area (Å²) in [5.41, 5.74) is 5.90. The lowest BCUT2D eigenvalue weighted by atomic mass is 10.0. The first kappa shape index (κ1) is 17.4. The summed E-state index contributed by atoms with van der Waals surface area (Å²) in [6, 6.07) is 3.16. The van der Waals surface area contributed by atoms with Gasteiger partial charge in [-0.2, -0.15) is 0 Å². The van der Waals surface area contributed by atoms with Gasteiger partial charge in [-0.15, -0.1) is 0 Å². The van der Waals surface area contributed by atoms with Crippen molar-refractivity contribution in [3.05, 3.63) is 29.0 Å². The molecule has 0 saturated carbocycles. The maximum absolute atomic E-state index is 13.0. The topological polar surface area (TPSA) is 63.4 Å². The Hall–Kier alpha value is -0.690. The van der Waals surface area contributed by atoms with Gasteiger partial charge in [-0.05, 0) is 30.5 Å². The number of sulfonamides is 1. The Morgan fingerprint density at radius 2 is 2.00 bits per heavy atom. The van der Waals surface area contributed by atoms with Crippen LogP contribution in [0.4, 0.5) is 4.39 Å². The molecule has 114 valence electrons. The van der Waals surface area contributed by atoms with Crippen molar-refractivity contribution in [3.8, 4) is 0 Å². The molecule has 7 heteroatoms. The van der Waals surface area contributed by atoms with Crippen molar-refractivity contribution in [2.75, 3.05) is 13.6 Å². The molecule has 0 aliphatic carbocycles. The highest BCUT2D eigenvalue weighted by atomic mass is 35.5. The average molecular weight is 323 g/mol. The highest BCUT2D eigenvalue weighted by molar-refractivity contribution is 7.89. The van der Waals surface area contributed by atoms with E-state index in [4.69, 9.17) is 17.3 Å². The van der Waals surface area contributed by atoms with Crippen LogP contribution in [0.2, 0.25) is 5.02 Å². The van der Waals surface area contributed by atoms with Crippen LogP contribution in [0, 0.1) is 11.7 Å². The first-order valence-electron chi connectivity index (χ1n) is 6.33. The van der Waals surface area contributed by atoms with Crippen molar-refractivity contribution >= 4 is 21.6 Å². The summed E-state index contributed by atoms with van der Waals surface area (Å²) in [5.74, 6) is -0.293. The standard InChI is InChI=1S/C13H20ClFN2O2S/c1-9(2)12(16)6-7-17(3)20(18,19)13-5-4-10(15)8-11(13)14/h4-5,8-9,12H,6-7,16H2,1-3H3. The summed E-state index contributed by atoms with van der Waals surface area (Å²) in [5, 5.41) is -0.120. The molecule has 0 saturated heterocycles. The first-order valence-corrected chi connectivity index (χ1v) is 8.15. The van der Waals surface area contributed by atoms with Crippen molar-refractivity contribution in [1.82, 2.24) is 4.31 Å². The van der Waals surface area contributed by atoms with Crippen molar-refractivity contribution in [3.63, 3.8) is 0 Å². The fraction of sp³-hybridized carbons (Fsp3) is 0.538. The van der Waals surface area contributed by atoms with E-state index in [0.717, 1.165) is 12.1 Å². The fourth-order valence-corrected chi connectivity index (χ4v) is 3.32. The van der Waals surface area contributed by atoms with Gasteiger partial charge in [-0.1, -0.05) is 25.4 Å². The minimum absolute atomic E-state index is 0.0728. The zero-order valence-corrected chi connectivity index (χ0v) is 13.4. The quantitative estimate of drug-likeness (QED) is 0.875. The monoisotopic (exact) mass is 322 g/mol. The van der Waals surface area contributed by atoms with Crippen LogP contribution in [0.5, 0.6) is 0 Å². The van der Waals surface area contributed by atoms with Gasteiger partial charge in [0, 0.05) is 19.6 Å². The normalized spacial score (nSPS) is 14.0. The lowest BCUT2D eigenvalue weighted by Gasteiger charge is -2.21. The lowest BCUT2D eigenvalue weighted by Crippen LogP contribution is -2.34. The molecule has 4 nitrogen and oxygen atoms in total. The van der Waals surface area contributed by atoms with Crippen molar-refractivity contribution in [2.45, 2.75) is 31.2 Å². The van der Waals surface area contributed by atoms with Gasteiger partial charge in [0.2, 0.25) is 10.0 Å². The van der Waals surface area contributed by atoms with Gasteiger partial charge in [0.1, 0.15) is 10.7 Å². The SMILES string of the molecule is CC(C)C(N)CCN(C)S(=O)(=O)c1ccc(F)cc1Cl. The summed E-state index contributed by atoms with van der Waals surface area (Å²) < 4.78 is 38.8. The third-order valence-corrected chi connectivity index (χ3v) is 5.56. The molecule has 1 unspecified atom stereocenters. The van der Waals surface area contributed by atoms with Crippen LogP contribution in [0.25, 0.3) is 0 Å². The zero-order chi connectivity index (χ0) is 15.5. The molecule has 20 heavy (non-hydrogen) atoms. The van der Waals surface area contributed by atoms with E-state index in [9.17, 15) is 12.8 Å². The molecule has 0 aromatic heterocycles. The third-order valence-electron chi connectivity index (χ3n) is 3.22. The van der Waals surface area contributed by atoms with E-state index < -0.39 is 15.8 Å². The summed E-state index contributed by atoms with van der Waals surface area (Å²) >= 11 is 5.80. The van der Waals surface area contributed by atoms with E-state index in [2.05, 4.69) is 0 Å². The third kappa shape index (κ3) is 4.15. The highest BCUT2D eigenvalue weighted by Crippen LogP contribution is 2.25. The summed E-state index contributed by atoms with van der Waals surface area (Å²) in [4.78, 5) is -0.0961. The Morgan fingerprint density at radius 3 is 2.50 bits per heavy atom. The summed E-state index contributed by atoms with van der Waals surface area (Å²) in [7, 11) is -2.27. The number of hydrogen-bond acceptors (Lipinski definition) is 3. The van der Waals surface area contributed by atoms with Crippen molar-refractivity contribution in [2.24, 2.45) is 11.7 Å². The Labute approximate surface area is 124 Å². The largest absolute Gasteiger partial charge is 0.327 e. The fourth-order valence-electron chi connectivity index (χ4n) is 1.64. The van der Waals surface area contributed by atoms with E-state index in [1.165, 1.54) is 17.4 Å². The second kappa shape index (κ2) is 6.85. The van der Waals surface area contributed by atoms with Crippen molar-refractivity contribution < 1.29 is 12.8 Å². The van der Waals surface area contributed by atoms with Crippen LogP contribution in [0.15, 0.2) is 23.1 Å². The van der Waals surface area contributed by atoms with E-state index in [-0.39, 0.29) is 28.4 Å². The second-order valence-corrected chi connectivity index (χ2v) is 7.52. The Kier molecular flexibility index (Phi) is 5.94. The molecule has 0 fully saturated rings. The first-order chi connectivity index (χ1) is 9.16. The predicted molar refractivity (Wildman–Crippen MR) is 78.7 cm³/mol. The minimum atomic E-state index is -3.73. The predicted octanol–water partition coefficient (Wildman–Crippen LogP) is 2.47. The van der Waals surface area contributed by atoms with Gasteiger partial charge in [0.25, 0.3) is 0 Å². The van der Waals surface area contributed by atoms with Gasteiger partial charge >= 0.3 is 0 Å². The molecule has 0 bridgehead atoms. The zero-order valence-electron chi connectivity index (χ0n) is 11.8. The molecule has 0 heterocycles. The maximum Gasteiger partial charge on any atom is 0.244 e. The molecule has 0 aliphatic rings. The van der Waals surface area contributed by atoms with E-state index >= 15 is 0 Å². The number of rotatable bonds is 6. The Bertz CT molecular complexity index is 563. The molecule has 0 spiro atoms. The second-order valence-electron chi connectivity index (χ2n) is 5.10. The van der Waals surface area contributed by atoms with E-state index in [1.54, 1.807) is 0 Å². The van der Waals surface area contributed by atoms with Crippen LogP contribution in [0.1, 0.15) is 20.3 Å². The number of hydrogen-bond donors (Lipinski definition) is 1. The van der Waals surface area contributed by atoms with E-state index in [0.29, 0.717) is 6.42 Å². The van der Waals surface area contributed by atoms with Gasteiger partial charge in [-0.3, -0.25) is 0 Å². The molecular formula is C13H20ClFN2O2S. The molecule has 1 atom stereocenters. The van der Waals surface area contributed by atoms with Crippen LogP contribution in [0.3, 0.4) is 0 Å². The minimum Gasteiger partial charge on any atom is -0.327 e. The number of halogens is 2. The number of benzene rings is 1. The van der Waals surface area contributed by atoms with Gasteiger partial charge in [0.15, 0.2) is 0 Å². The Morgan fingerprint density at radius 1 is 1.40 bits per heavy atom. The molecule has 1 aromatic rings. The van der Waals surface area contributed by atoms with Gasteiger partial charge in [0.05, 0.1) is 5.02 Å². The van der Waals surface area contributed by atoms with Crippen molar-refractivity contribution in [1.29, 1.82) is 0 Å². The molecule has 1 rings (SSSR count).